The summed E-state index contributed by atoms with van der Waals surface area (Å²) in [6.07, 6.45) is 3.43. The molecule has 0 aliphatic rings. The number of anilines is 1. The van der Waals surface area contributed by atoms with Crippen molar-refractivity contribution in [3.63, 3.8) is 0 Å². The maximum atomic E-state index is 13.8. The smallest absolute Gasteiger partial charge is 0.140 e. The molecule has 1 aromatic heterocycles. The third-order valence-corrected chi connectivity index (χ3v) is 2.94. The lowest BCUT2D eigenvalue weighted by molar-refractivity contribution is 0.637. The van der Waals surface area contributed by atoms with Gasteiger partial charge < -0.3 is 5.32 Å². The van der Waals surface area contributed by atoms with Crippen LogP contribution in [0, 0.1) is 5.82 Å². The van der Waals surface area contributed by atoms with Gasteiger partial charge in [-0.05, 0) is 25.0 Å². The Hall–Kier alpha value is -1.71. The normalized spacial score (nSPS) is 11.1. The Morgan fingerprint density at radius 1 is 1.24 bits per heavy atom. The Kier molecular flexibility index (Phi) is 3.52. The zero-order valence-corrected chi connectivity index (χ0v) is 10.1. The van der Waals surface area contributed by atoms with Crippen LogP contribution in [0.15, 0.2) is 24.5 Å². The van der Waals surface area contributed by atoms with E-state index < -0.39 is 0 Å². The van der Waals surface area contributed by atoms with Crippen molar-refractivity contribution in [1.29, 1.82) is 0 Å². The average molecular weight is 233 g/mol. The number of rotatable bonds is 4. The molecule has 3 nitrogen and oxygen atoms in total. The fraction of sp³-hybridized carbons (Fsp3) is 0.385. The van der Waals surface area contributed by atoms with Crippen molar-refractivity contribution in [1.82, 2.24) is 9.97 Å². The van der Waals surface area contributed by atoms with E-state index in [-0.39, 0.29) is 5.82 Å². The maximum absolute atomic E-state index is 13.8. The lowest BCUT2D eigenvalue weighted by atomic mass is 10.1. The van der Waals surface area contributed by atoms with Crippen LogP contribution in [0.5, 0.6) is 0 Å². The highest BCUT2D eigenvalue weighted by atomic mass is 19.1. The van der Waals surface area contributed by atoms with Crippen LogP contribution < -0.4 is 5.32 Å². The van der Waals surface area contributed by atoms with Crippen LogP contribution in [-0.4, -0.2) is 16.0 Å². The van der Waals surface area contributed by atoms with E-state index in [1.807, 2.05) is 0 Å². The van der Waals surface area contributed by atoms with Gasteiger partial charge in [-0.3, -0.25) is 0 Å². The van der Waals surface area contributed by atoms with E-state index in [1.165, 1.54) is 12.4 Å². The molecule has 0 bridgehead atoms. The summed E-state index contributed by atoms with van der Waals surface area (Å²) in [5.41, 5.74) is 0.633. The van der Waals surface area contributed by atoms with Gasteiger partial charge in [0.25, 0.3) is 0 Å². The fourth-order valence-corrected chi connectivity index (χ4v) is 1.86. The van der Waals surface area contributed by atoms with Gasteiger partial charge in [0.05, 0.1) is 10.9 Å². The molecule has 0 saturated carbocycles. The summed E-state index contributed by atoms with van der Waals surface area (Å²) in [5.74, 6) is 0.304. The first-order chi connectivity index (χ1) is 8.26. The molecule has 2 aromatic rings. The number of nitrogens with one attached hydrogen (secondary N) is 1. The number of fused-ring (bicyclic) bond motifs is 1. The molecule has 2 rings (SSSR count). The van der Waals surface area contributed by atoms with Gasteiger partial charge in [0.1, 0.15) is 18.0 Å². The summed E-state index contributed by atoms with van der Waals surface area (Å²) < 4.78 is 13.8. The Morgan fingerprint density at radius 3 is 2.71 bits per heavy atom. The molecule has 1 heterocycles. The van der Waals surface area contributed by atoms with Gasteiger partial charge in [0.15, 0.2) is 0 Å². The first kappa shape index (κ1) is 11.8. The molecule has 0 amide bonds. The lowest BCUT2D eigenvalue weighted by Crippen LogP contribution is -2.18. The van der Waals surface area contributed by atoms with Gasteiger partial charge >= 0.3 is 0 Å². The second-order valence-electron chi connectivity index (χ2n) is 4.01. The van der Waals surface area contributed by atoms with Crippen LogP contribution >= 0.6 is 0 Å². The largest absolute Gasteiger partial charge is 0.367 e. The standard InChI is InChI=1S/C13H16FN3/c1-3-9(4-2)17-13-12-10(14)6-5-7-11(12)15-8-16-13/h5-9H,3-4H2,1-2H3,(H,15,16,17). The van der Waals surface area contributed by atoms with E-state index in [0.717, 1.165) is 12.8 Å². The third kappa shape index (κ3) is 2.35. The Morgan fingerprint density at radius 2 is 2.00 bits per heavy atom. The molecular formula is C13H16FN3. The van der Waals surface area contributed by atoms with Gasteiger partial charge in [0.2, 0.25) is 0 Å². The molecule has 90 valence electrons. The Bertz CT molecular complexity index is 504. The zero-order valence-electron chi connectivity index (χ0n) is 10.1. The summed E-state index contributed by atoms with van der Waals surface area (Å²) >= 11 is 0. The van der Waals surface area contributed by atoms with Crippen molar-refractivity contribution in [2.24, 2.45) is 0 Å². The molecule has 0 aliphatic carbocycles. The van der Waals surface area contributed by atoms with Crippen molar-refractivity contribution in [2.45, 2.75) is 32.7 Å². The van der Waals surface area contributed by atoms with Crippen molar-refractivity contribution < 1.29 is 4.39 Å². The molecule has 17 heavy (non-hydrogen) atoms. The van der Waals surface area contributed by atoms with Crippen molar-refractivity contribution >= 4 is 16.7 Å². The highest BCUT2D eigenvalue weighted by Gasteiger charge is 2.11. The first-order valence-corrected chi connectivity index (χ1v) is 5.92. The van der Waals surface area contributed by atoms with Crippen molar-refractivity contribution in [3.05, 3.63) is 30.3 Å². The van der Waals surface area contributed by atoms with E-state index >= 15 is 0 Å². The summed E-state index contributed by atoms with van der Waals surface area (Å²) in [5, 5.41) is 3.75. The number of nitrogens with zero attached hydrogens (tertiary/aromatic N) is 2. The molecule has 0 unspecified atom stereocenters. The van der Waals surface area contributed by atoms with E-state index in [0.29, 0.717) is 22.8 Å². The van der Waals surface area contributed by atoms with E-state index in [9.17, 15) is 4.39 Å². The molecule has 0 atom stereocenters. The van der Waals surface area contributed by atoms with Crippen LogP contribution in [0.25, 0.3) is 10.9 Å². The van der Waals surface area contributed by atoms with Crippen LogP contribution in [0.3, 0.4) is 0 Å². The lowest BCUT2D eigenvalue weighted by Gasteiger charge is -2.16. The fourth-order valence-electron chi connectivity index (χ4n) is 1.86. The maximum Gasteiger partial charge on any atom is 0.140 e. The molecule has 1 N–H and O–H groups in total. The minimum absolute atomic E-state index is 0.281. The number of halogens is 1. The number of aromatic nitrogens is 2. The summed E-state index contributed by atoms with van der Waals surface area (Å²) in [6.45, 7) is 4.20. The van der Waals surface area contributed by atoms with Crippen molar-refractivity contribution in [2.75, 3.05) is 5.32 Å². The molecule has 0 radical (unpaired) electrons. The van der Waals surface area contributed by atoms with E-state index in [1.54, 1.807) is 12.1 Å². The van der Waals surface area contributed by atoms with E-state index in [2.05, 4.69) is 29.1 Å². The summed E-state index contributed by atoms with van der Waals surface area (Å²) in [7, 11) is 0. The first-order valence-electron chi connectivity index (χ1n) is 5.92. The Labute approximate surface area is 100 Å². The molecule has 0 fully saturated rings. The second kappa shape index (κ2) is 5.08. The van der Waals surface area contributed by atoms with Gasteiger partial charge in [-0.1, -0.05) is 19.9 Å². The molecule has 4 heteroatoms. The molecule has 0 aliphatic heterocycles. The minimum Gasteiger partial charge on any atom is -0.367 e. The number of hydrogen-bond acceptors (Lipinski definition) is 3. The predicted molar refractivity (Wildman–Crippen MR) is 67.5 cm³/mol. The van der Waals surface area contributed by atoms with Gasteiger partial charge in [-0.15, -0.1) is 0 Å². The molecule has 0 spiro atoms. The SMILES string of the molecule is CCC(CC)Nc1ncnc2cccc(F)c12. The van der Waals surface area contributed by atoms with E-state index in [4.69, 9.17) is 0 Å². The minimum atomic E-state index is -0.281. The number of benzene rings is 1. The predicted octanol–water partition coefficient (Wildman–Crippen LogP) is 3.37. The second-order valence-corrected chi connectivity index (χ2v) is 4.01. The van der Waals surface area contributed by atoms with Gasteiger partial charge in [-0.25, -0.2) is 14.4 Å². The average Bonchev–Trinajstić information content (AvgIpc) is 2.36. The molecular weight excluding hydrogens is 217 g/mol. The van der Waals surface area contributed by atoms with Crippen LogP contribution in [0.4, 0.5) is 10.2 Å². The zero-order chi connectivity index (χ0) is 12.3. The van der Waals surface area contributed by atoms with Crippen molar-refractivity contribution in [3.8, 4) is 0 Å². The third-order valence-electron chi connectivity index (χ3n) is 2.94. The Balaban J connectivity index is 2.46. The molecule has 0 saturated heterocycles. The van der Waals surface area contributed by atoms with Gasteiger partial charge in [-0.2, -0.15) is 0 Å². The van der Waals surface area contributed by atoms with Crippen LogP contribution in [0.1, 0.15) is 26.7 Å². The highest BCUT2D eigenvalue weighted by Crippen LogP contribution is 2.23. The molecule has 1 aromatic carbocycles. The monoisotopic (exact) mass is 233 g/mol. The quantitative estimate of drug-likeness (QED) is 0.879. The topological polar surface area (TPSA) is 37.8 Å². The van der Waals surface area contributed by atoms with Crippen LogP contribution in [0.2, 0.25) is 0 Å². The summed E-state index contributed by atoms with van der Waals surface area (Å²) in [6, 6.07) is 5.20. The number of hydrogen-bond donors (Lipinski definition) is 1. The highest BCUT2D eigenvalue weighted by molar-refractivity contribution is 5.89. The van der Waals surface area contributed by atoms with Gasteiger partial charge in [0, 0.05) is 6.04 Å². The van der Waals surface area contributed by atoms with Crippen LogP contribution in [-0.2, 0) is 0 Å². The summed E-state index contributed by atoms with van der Waals surface area (Å²) in [4.78, 5) is 8.21.